The van der Waals surface area contributed by atoms with E-state index in [-0.39, 0.29) is 12.1 Å². The molecule has 2 rings (SSSR count). The second-order valence-electron chi connectivity index (χ2n) is 5.19. The van der Waals surface area contributed by atoms with Crippen LogP contribution in [0.1, 0.15) is 36.6 Å². The number of hydrogen-bond donors (Lipinski definition) is 1. The minimum Gasteiger partial charge on any atom is -0.491 e. The monoisotopic (exact) mass is 333 g/mol. The Morgan fingerprint density at radius 3 is 2.30 bits per heavy atom. The van der Waals surface area contributed by atoms with Gasteiger partial charge in [-0.15, -0.1) is 0 Å². The van der Waals surface area contributed by atoms with Gasteiger partial charge in [0, 0.05) is 4.47 Å². The van der Waals surface area contributed by atoms with Gasteiger partial charge in [0.15, 0.2) is 0 Å². The summed E-state index contributed by atoms with van der Waals surface area (Å²) in [6, 6.07) is 14.0. The molecule has 2 N–H and O–H groups in total. The van der Waals surface area contributed by atoms with Crippen LogP contribution in [0.3, 0.4) is 0 Å². The Kier molecular flexibility index (Phi) is 4.84. The van der Waals surface area contributed by atoms with Gasteiger partial charge in [-0.2, -0.15) is 0 Å². The molecule has 0 fully saturated rings. The average Bonchev–Trinajstić information content (AvgIpc) is 2.41. The molecule has 0 saturated heterocycles. The Bertz CT molecular complexity index is 578. The van der Waals surface area contributed by atoms with Gasteiger partial charge in [-0.05, 0) is 49.6 Å². The maximum absolute atomic E-state index is 6.37. The van der Waals surface area contributed by atoms with Crippen molar-refractivity contribution >= 4 is 15.9 Å². The van der Waals surface area contributed by atoms with Gasteiger partial charge in [0.2, 0.25) is 0 Å². The lowest BCUT2D eigenvalue weighted by atomic mass is 9.98. The van der Waals surface area contributed by atoms with Crippen molar-refractivity contribution in [2.45, 2.75) is 32.9 Å². The van der Waals surface area contributed by atoms with E-state index >= 15 is 0 Å². The van der Waals surface area contributed by atoms with Crippen molar-refractivity contribution in [3.8, 4) is 5.75 Å². The maximum Gasteiger partial charge on any atom is 0.119 e. The molecule has 0 amide bonds. The molecule has 2 aromatic carbocycles. The maximum atomic E-state index is 6.37. The minimum absolute atomic E-state index is 0.141. The van der Waals surface area contributed by atoms with Gasteiger partial charge in [0.05, 0.1) is 12.1 Å². The van der Waals surface area contributed by atoms with E-state index in [4.69, 9.17) is 10.5 Å². The van der Waals surface area contributed by atoms with Crippen LogP contribution in [0.4, 0.5) is 0 Å². The highest BCUT2D eigenvalue weighted by Gasteiger charge is 2.13. The first kappa shape index (κ1) is 15.1. The molecule has 3 heteroatoms. The van der Waals surface area contributed by atoms with Gasteiger partial charge in [-0.3, -0.25) is 0 Å². The molecule has 0 aromatic heterocycles. The summed E-state index contributed by atoms with van der Waals surface area (Å²) in [5, 5.41) is 0. The molecule has 0 bridgehead atoms. The van der Waals surface area contributed by atoms with Crippen LogP contribution >= 0.6 is 15.9 Å². The van der Waals surface area contributed by atoms with Crippen LogP contribution < -0.4 is 10.5 Å². The predicted octanol–water partition coefficient (Wildman–Crippen LogP) is 4.59. The Morgan fingerprint density at radius 1 is 1.05 bits per heavy atom. The van der Waals surface area contributed by atoms with Crippen molar-refractivity contribution < 1.29 is 4.74 Å². The second kappa shape index (κ2) is 6.42. The summed E-state index contributed by atoms with van der Waals surface area (Å²) >= 11 is 3.62. The second-order valence-corrected chi connectivity index (χ2v) is 5.98. The van der Waals surface area contributed by atoms with Gasteiger partial charge in [0.1, 0.15) is 5.75 Å². The number of halogens is 1. The van der Waals surface area contributed by atoms with Crippen LogP contribution in [0.25, 0.3) is 0 Å². The summed E-state index contributed by atoms with van der Waals surface area (Å²) in [5.41, 5.74) is 9.73. The average molecular weight is 334 g/mol. The van der Waals surface area contributed by atoms with Crippen molar-refractivity contribution in [2.75, 3.05) is 0 Å². The summed E-state index contributed by atoms with van der Waals surface area (Å²) < 4.78 is 6.73. The van der Waals surface area contributed by atoms with E-state index in [0.29, 0.717) is 0 Å². The van der Waals surface area contributed by atoms with Crippen LogP contribution in [0.5, 0.6) is 5.75 Å². The highest BCUT2D eigenvalue weighted by atomic mass is 79.9. The summed E-state index contributed by atoms with van der Waals surface area (Å²) in [7, 11) is 0. The van der Waals surface area contributed by atoms with E-state index < -0.39 is 0 Å². The van der Waals surface area contributed by atoms with Gasteiger partial charge in [0.25, 0.3) is 0 Å². The zero-order valence-corrected chi connectivity index (χ0v) is 13.6. The van der Waals surface area contributed by atoms with E-state index in [0.717, 1.165) is 21.3 Å². The summed E-state index contributed by atoms with van der Waals surface area (Å²) in [5.74, 6) is 0.874. The summed E-state index contributed by atoms with van der Waals surface area (Å²) in [6.45, 7) is 6.10. The van der Waals surface area contributed by atoms with Crippen molar-refractivity contribution in [3.05, 3.63) is 63.6 Å². The molecule has 1 atom stereocenters. The van der Waals surface area contributed by atoms with Gasteiger partial charge in [-0.1, -0.05) is 46.3 Å². The molecule has 0 spiro atoms. The van der Waals surface area contributed by atoms with Crippen LogP contribution in [-0.4, -0.2) is 6.10 Å². The standard InChI is InChI=1S/C17H20BrNO/c1-11(2)20-14-9-7-13(8-10-14)17(19)15-6-4-5-12(3)16(15)18/h4-11,17H,19H2,1-3H3. The van der Waals surface area contributed by atoms with Crippen molar-refractivity contribution in [3.63, 3.8) is 0 Å². The topological polar surface area (TPSA) is 35.2 Å². The molecule has 1 unspecified atom stereocenters. The molecule has 20 heavy (non-hydrogen) atoms. The smallest absolute Gasteiger partial charge is 0.119 e. The molecule has 0 saturated carbocycles. The lowest BCUT2D eigenvalue weighted by Gasteiger charge is -2.17. The highest BCUT2D eigenvalue weighted by molar-refractivity contribution is 9.10. The molecule has 2 nitrogen and oxygen atoms in total. The number of rotatable bonds is 4. The molecule has 106 valence electrons. The lowest BCUT2D eigenvalue weighted by molar-refractivity contribution is 0.242. The Morgan fingerprint density at radius 2 is 1.70 bits per heavy atom. The normalized spacial score (nSPS) is 12.5. The Balaban J connectivity index is 2.25. The van der Waals surface area contributed by atoms with Crippen LogP contribution in [-0.2, 0) is 0 Å². The van der Waals surface area contributed by atoms with Crippen molar-refractivity contribution in [1.29, 1.82) is 0 Å². The number of hydrogen-bond acceptors (Lipinski definition) is 2. The van der Waals surface area contributed by atoms with Crippen LogP contribution in [0.15, 0.2) is 46.9 Å². The van der Waals surface area contributed by atoms with E-state index in [1.165, 1.54) is 5.56 Å². The zero-order valence-electron chi connectivity index (χ0n) is 12.1. The fourth-order valence-corrected chi connectivity index (χ4v) is 2.63. The summed E-state index contributed by atoms with van der Waals surface area (Å²) in [6.07, 6.45) is 0.181. The zero-order chi connectivity index (χ0) is 14.7. The van der Waals surface area contributed by atoms with Crippen LogP contribution in [0, 0.1) is 6.92 Å². The quantitative estimate of drug-likeness (QED) is 0.887. The largest absolute Gasteiger partial charge is 0.491 e. The number of benzene rings is 2. The van der Waals surface area contributed by atoms with Crippen molar-refractivity contribution in [2.24, 2.45) is 5.73 Å². The first-order chi connectivity index (χ1) is 9.49. The van der Waals surface area contributed by atoms with Gasteiger partial charge in [-0.25, -0.2) is 0 Å². The number of aryl methyl sites for hydroxylation is 1. The first-order valence-electron chi connectivity index (χ1n) is 6.76. The van der Waals surface area contributed by atoms with E-state index in [1.54, 1.807) is 0 Å². The van der Waals surface area contributed by atoms with E-state index in [2.05, 4.69) is 35.0 Å². The van der Waals surface area contributed by atoms with Gasteiger partial charge < -0.3 is 10.5 Å². The Labute approximate surface area is 129 Å². The van der Waals surface area contributed by atoms with Crippen LogP contribution in [0.2, 0.25) is 0 Å². The molecule has 0 aliphatic rings. The molecule has 0 heterocycles. The first-order valence-corrected chi connectivity index (χ1v) is 7.55. The van der Waals surface area contributed by atoms with Crippen molar-refractivity contribution in [1.82, 2.24) is 0 Å². The molecule has 2 aromatic rings. The fraction of sp³-hybridized carbons (Fsp3) is 0.294. The third-order valence-corrected chi connectivity index (χ3v) is 4.25. The third kappa shape index (κ3) is 3.41. The number of ether oxygens (including phenoxy) is 1. The van der Waals surface area contributed by atoms with E-state index in [9.17, 15) is 0 Å². The molecule has 0 aliphatic heterocycles. The highest BCUT2D eigenvalue weighted by Crippen LogP contribution is 2.30. The predicted molar refractivity (Wildman–Crippen MR) is 87.1 cm³/mol. The minimum atomic E-state index is -0.141. The molecular weight excluding hydrogens is 314 g/mol. The van der Waals surface area contributed by atoms with E-state index in [1.807, 2.05) is 44.2 Å². The summed E-state index contributed by atoms with van der Waals surface area (Å²) in [4.78, 5) is 0. The lowest BCUT2D eigenvalue weighted by Crippen LogP contribution is -2.13. The fourth-order valence-electron chi connectivity index (χ4n) is 2.12. The van der Waals surface area contributed by atoms with Gasteiger partial charge >= 0.3 is 0 Å². The number of nitrogens with two attached hydrogens (primary N) is 1. The Hall–Kier alpha value is -1.32. The SMILES string of the molecule is Cc1cccc(C(N)c2ccc(OC(C)C)cc2)c1Br. The molecule has 0 radical (unpaired) electrons. The molecule has 0 aliphatic carbocycles. The third-order valence-electron chi connectivity index (χ3n) is 3.17. The molecular formula is C17H20BrNO.